The minimum Gasteiger partial charge on any atom is -0.473 e. The van der Waals surface area contributed by atoms with Crippen LogP contribution in [0.15, 0.2) is 43.0 Å². The van der Waals surface area contributed by atoms with E-state index < -0.39 is 41.7 Å². The van der Waals surface area contributed by atoms with Crippen molar-refractivity contribution in [1.82, 2.24) is 9.97 Å². The molecule has 31 heavy (non-hydrogen) atoms. The topological polar surface area (TPSA) is 114 Å². The average Bonchev–Trinajstić information content (AvgIpc) is 2.72. The lowest BCUT2D eigenvalue weighted by atomic mass is 10.1. The molecule has 0 N–H and O–H groups in total. The first-order valence-electron chi connectivity index (χ1n) is 9.49. The molecule has 164 valence electrons. The molecule has 0 amide bonds. The van der Waals surface area contributed by atoms with Crippen LogP contribution >= 0.6 is 11.8 Å². The summed E-state index contributed by atoms with van der Waals surface area (Å²) in [7, 11) is 0. The Morgan fingerprint density at radius 1 is 0.903 bits per heavy atom. The maximum atomic E-state index is 11.8. The number of rotatable bonds is 6. The Bertz CT molecular complexity index is 940. The number of carbonyl (C=O) groups is 3. The van der Waals surface area contributed by atoms with Crippen molar-refractivity contribution in [3.05, 3.63) is 43.0 Å². The number of aromatic nitrogens is 2. The predicted molar refractivity (Wildman–Crippen MR) is 111 cm³/mol. The van der Waals surface area contributed by atoms with E-state index in [9.17, 15) is 14.4 Å². The second-order valence-electron chi connectivity index (χ2n) is 6.73. The van der Waals surface area contributed by atoms with E-state index in [4.69, 9.17) is 18.9 Å². The first kappa shape index (κ1) is 22.5. The van der Waals surface area contributed by atoms with E-state index in [0.29, 0.717) is 5.75 Å². The molecule has 3 heterocycles. The highest BCUT2D eigenvalue weighted by atomic mass is 32.2. The first-order chi connectivity index (χ1) is 14.8. The highest BCUT2D eigenvalue weighted by molar-refractivity contribution is 7.99. The fraction of sp³-hybridized carbons (Fsp3) is 0.381. The molecule has 0 bridgehead atoms. The van der Waals surface area contributed by atoms with Gasteiger partial charge < -0.3 is 18.9 Å². The van der Waals surface area contributed by atoms with Crippen molar-refractivity contribution >= 4 is 29.7 Å². The van der Waals surface area contributed by atoms with E-state index in [1.54, 1.807) is 36.9 Å². The van der Waals surface area contributed by atoms with Crippen LogP contribution in [0.5, 0.6) is 5.75 Å². The Hall–Kier alpha value is -3.14. The van der Waals surface area contributed by atoms with E-state index in [2.05, 4.69) is 9.97 Å². The summed E-state index contributed by atoms with van der Waals surface area (Å²) in [5, 5.41) is 0. The number of nitrogens with zero attached hydrogens (tertiary/aromatic N) is 2. The molecule has 0 aliphatic carbocycles. The van der Waals surface area contributed by atoms with Crippen LogP contribution in [0.3, 0.4) is 0 Å². The molecule has 1 unspecified atom stereocenters. The zero-order chi connectivity index (χ0) is 22.4. The van der Waals surface area contributed by atoms with Crippen molar-refractivity contribution in [3.63, 3.8) is 0 Å². The van der Waals surface area contributed by atoms with Gasteiger partial charge in [0.2, 0.25) is 0 Å². The van der Waals surface area contributed by atoms with Gasteiger partial charge in [0.05, 0.1) is 6.20 Å². The van der Waals surface area contributed by atoms with Crippen molar-refractivity contribution in [3.8, 4) is 16.9 Å². The second-order valence-corrected chi connectivity index (χ2v) is 7.86. The van der Waals surface area contributed by atoms with Crippen LogP contribution in [-0.4, -0.2) is 57.4 Å². The largest absolute Gasteiger partial charge is 0.473 e. The Morgan fingerprint density at radius 3 is 2.23 bits per heavy atom. The maximum absolute atomic E-state index is 11.8. The third-order valence-corrected chi connectivity index (χ3v) is 5.52. The Labute approximate surface area is 183 Å². The van der Waals surface area contributed by atoms with Gasteiger partial charge in [0, 0.05) is 56.2 Å². The molecule has 0 spiro atoms. The van der Waals surface area contributed by atoms with Gasteiger partial charge in [-0.1, -0.05) is 6.07 Å². The molecular weight excluding hydrogens is 424 g/mol. The fourth-order valence-electron chi connectivity index (χ4n) is 3.17. The van der Waals surface area contributed by atoms with Crippen molar-refractivity contribution < 1.29 is 33.3 Å². The van der Waals surface area contributed by atoms with Gasteiger partial charge in [-0.05, 0) is 12.1 Å². The molecule has 3 rings (SSSR count). The Morgan fingerprint density at radius 2 is 1.58 bits per heavy atom. The van der Waals surface area contributed by atoms with Crippen LogP contribution in [-0.2, 0) is 28.6 Å². The summed E-state index contributed by atoms with van der Waals surface area (Å²) >= 11 is 1.28. The Kier molecular flexibility index (Phi) is 7.45. The lowest BCUT2D eigenvalue weighted by Crippen LogP contribution is -2.55. The third-order valence-electron chi connectivity index (χ3n) is 4.30. The van der Waals surface area contributed by atoms with E-state index in [0.717, 1.165) is 11.1 Å². The SMILES string of the molecule is CC(=O)O[C@H]1[C@H](OC(C)=O)CSC(Oc2cnccc2-c2cccnc2)[C@@H]1OC(C)=O. The summed E-state index contributed by atoms with van der Waals surface area (Å²) in [6, 6.07) is 5.47. The van der Waals surface area contributed by atoms with Gasteiger partial charge in [-0.25, -0.2) is 0 Å². The molecule has 0 radical (unpaired) electrons. The molecule has 1 aliphatic heterocycles. The predicted octanol–water partition coefficient (Wildman–Crippen LogP) is 2.39. The molecule has 0 saturated carbocycles. The molecular formula is C21H22N2O7S. The molecule has 0 aromatic carbocycles. The summed E-state index contributed by atoms with van der Waals surface area (Å²) in [6.07, 6.45) is 3.72. The van der Waals surface area contributed by atoms with Crippen molar-refractivity contribution in [2.75, 3.05) is 5.75 Å². The average molecular weight is 446 g/mol. The van der Waals surface area contributed by atoms with E-state index in [-0.39, 0.29) is 5.75 Å². The quantitative estimate of drug-likeness (QED) is 0.484. The summed E-state index contributed by atoms with van der Waals surface area (Å²) in [6.45, 7) is 3.73. The fourth-order valence-corrected chi connectivity index (χ4v) is 4.38. The number of carbonyl (C=O) groups excluding carboxylic acids is 3. The number of esters is 3. The smallest absolute Gasteiger partial charge is 0.303 e. The third kappa shape index (κ3) is 5.94. The molecule has 2 aromatic rings. The molecule has 10 heteroatoms. The van der Waals surface area contributed by atoms with Gasteiger partial charge in [-0.15, -0.1) is 11.8 Å². The first-order valence-corrected chi connectivity index (χ1v) is 10.5. The molecule has 4 atom stereocenters. The van der Waals surface area contributed by atoms with Crippen LogP contribution < -0.4 is 4.74 Å². The highest BCUT2D eigenvalue weighted by Gasteiger charge is 2.47. The van der Waals surface area contributed by atoms with Gasteiger partial charge in [0.25, 0.3) is 0 Å². The van der Waals surface area contributed by atoms with Crippen LogP contribution in [0.25, 0.3) is 11.1 Å². The minimum atomic E-state index is -1.02. The molecule has 1 fully saturated rings. The Balaban J connectivity index is 1.92. The summed E-state index contributed by atoms with van der Waals surface area (Å²) < 4.78 is 22.3. The molecule has 1 saturated heterocycles. The lowest BCUT2D eigenvalue weighted by Gasteiger charge is -2.40. The maximum Gasteiger partial charge on any atom is 0.303 e. The van der Waals surface area contributed by atoms with Crippen LogP contribution in [0.4, 0.5) is 0 Å². The second kappa shape index (κ2) is 10.3. The van der Waals surface area contributed by atoms with E-state index >= 15 is 0 Å². The summed E-state index contributed by atoms with van der Waals surface area (Å²) in [5.74, 6) is -0.990. The van der Waals surface area contributed by atoms with Crippen LogP contribution in [0.1, 0.15) is 20.8 Å². The number of thioether (sulfide) groups is 1. The molecule has 9 nitrogen and oxygen atoms in total. The summed E-state index contributed by atoms with van der Waals surface area (Å²) in [5.41, 5.74) is 0.829. The van der Waals surface area contributed by atoms with E-state index in [1.807, 2.05) is 6.07 Å². The van der Waals surface area contributed by atoms with Crippen molar-refractivity contribution in [2.24, 2.45) is 0 Å². The van der Waals surface area contributed by atoms with E-state index in [1.165, 1.54) is 32.5 Å². The minimum absolute atomic E-state index is 0.280. The number of ether oxygens (including phenoxy) is 4. The van der Waals surface area contributed by atoms with Crippen LogP contribution in [0.2, 0.25) is 0 Å². The van der Waals surface area contributed by atoms with Gasteiger partial charge >= 0.3 is 17.9 Å². The lowest BCUT2D eigenvalue weighted by molar-refractivity contribution is -0.186. The molecule has 1 aliphatic rings. The van der Waals surface area contributed by atoms with Gasteiger partial charge in [0.15, 0.2) is 23.7 Å². The number of pyridine rings is 2. The van der Waals surface area contributed by atoms with Crippen LogP contribution in [0, 0.1) is 0 Å². The van der Waals surface area contributed by atoms with Gasteiger partial charge in [-0.3, -0.25) is 24.4 Å². The number of hydrogen-bond donors (Lipinski definition) is 0. The zero-order valence-corrected chi connectivity index (χ0v) is 18.0. The standard InChI is InChI=1S/C21H22N2O7S/c1-12(24)27-18-11-31-21(20(29-14(3)26)19(18)28-13(2)25)30-17-10-23-8-6-16(17)15-5-4-7-22-9-15/h4-10,18-21H,11H2,1-3H3/t18-,19+,20-,21?/m1/s1. The number of hydrogen-bond acceptors (Lipinski definition) is 10. The van der Waals surface area contributed by atoms with Gasteiger partial charge in [-0.2, -0.15) is 0 Å². The zero-order valence-electron chi connectivity index (χ0n) is 17.2. The molecule has 2 aromatic heterocycles. The summed E-state index contributed by atoms with van der Waals surface area (Å²) in [4.78, 5) is 43.3. The monoisotopic (exact) mass is 446 g/mol. The van der Waals surface area contributed by atoms with Gasteiger partial charge in [0.1, 0.15) is 5.75 Å². The van der Waals surface area contributed by atoms with Crippen molar-refractivity contribution in [2.45, 2.75) is 44.5 Å². The highest BCUT2D eigenvalue weighted by Crippen LogP contribution is 2.37. The van der Waals surface area contributed by atoms with Crippen molar-refractivity contribution in [1.29, 1.82) is 0 Å². The normalized spacial score (nSPS) is 22.8.